The molecule has 2 heterocycles. The second kappa shape index (κ2) is 4.19. The fraction of sp³-hybridized carbons (Fsp3) is 0.833. The lowest BCUT2D eigenvalue weighted by Gasteiger charge is -2.43. The SMILES string of the molecule is CC1(C)CC(=O)N2CCCCC2(C(N)=O)CS1. The van der Waals surface area contributed by atoms with Crippen molar-refractivity contribution < 1.29 is 9.59 Å². The summed E-state index contributed by atoms with van der Waals surface area (Å²) in [5.74, 6) is 0.385. The van der Waals surface area contributed by atoms with Crippen molar-refractivity contribution in [3.8, 4) is 0 Å². The molecule has 4 nitrogen and oxygen atoms in total. The zero-order chi connectivity index (χ0) is 12.7. The number of carbonyl (C=O) groups is 2. The summed E-state index contributed by atoms with van der Waals surface area (Å²) in [5, 5.41) is 0. The number of nitrogens with zero attached hydrogens (tertiary/aromatic N) is 1. The Bertz CT molecular complexity index is 356. The van der Waals surface area contributed by atoms with Gasteiger partial charge in [0.15, 0.2) is 0 Å². The van der Waals surface area contributed by atoms with E-state index in [9.17, 15) is 9.59 Å². The number of amides is 2. The summed E-state index contributed by atoms with van der Waals surface area (Å²) in [6.07, 6.45) is 3.17. The largest absolute Gasteiger partial charge is 0.368 e. The van der Waals surface area contributed by atoms with Crippen LogP contribution in [0.2, 0.25) is 0 Å². The van der Waals surface area contributed by atoms with E-state index < -0.39 is 5.54 Å². The third kappa shape index (κ3) is 2.17. The number of thioether (sulfide) groups is 1. The summed E-state index contributed by atoms with van der Waals surface area (Å²) in [6.45, 7) is 4.80. The number of rotatable bonds is 1. The highest BCUT2D eigenvalue weighted by atomic mass is 32.2. The fourth-order valence-corrected chi connectivity index (χ4v) is 4.00. The molecule has 0 aliphatic carbocycles. The van der Waals surface area contributed by atoms with Crippen LogP contribution in [0.5, 0.6) is 0 Å². The highest BCUT2D eigenvalue weighted by molar-refractivity contribution is 8.00. The molecule has 0 spiro atoms. The molecule has 0 aromatic carbocycles. The van der Waals surface area contributed by atoms with Crippen LogP contribution in [0.15, 0.2) is 0 Å². The molecule has 2 saturated heterocycles. The maximum Gasteiger partial charge on any atom is 0.244 e. The molecule has 2 aliphatic rings. The number of hydrogen-bond donors (Lipinski definition) is 1. The summed E-state index contributed by atoms with van der Waals surface area (Å²) in [5.41, 5.74) is 4.86. The van der Waals surface area contributed by atoms with Crippen LogP contribution >= 0.6 is 11.8 Å². The van der Waals surface area contributed by atoms with Crippen molar-refractivity contribution in [3.63, 3.8) is 0 Å². The summed E-state index contributed by atoms with van der Waals surface area (Å²) < 4.78 is -0.100. The molecule has 2 fully saturated rings. The molecule has 2 N–H and O–H groups in total. The third-order valence-corrected chi connectivity index (χ3v) is 5.32. The van der Waals surface area contributed by atoms with Crippen LogP contribution in [-0.4, -0.2) is 39.3 Å². The second-order valence-electron chi connectivity index (χ2n) is 5.62. The van der Waals surface area contributed by atoms with E-state index in [2.05, 4.69) is 13.8 Å². The van der Waals surface area contributed by atoms with Crippen molar-refractivity contribution >= 4 is 23.6 Å². The molecule has 5 heteroatoms. The molecular formula is C12H20N2O2S. The van der Waals surface area contributed by atoms with E-state index in [1.807, 2.05) is 0 Å². The molecule has 1 unspecified atom stereocenters. The molecule has 2 aliphatic heterocycles. The monoisotopic (exact) mass is 256 g/mol. The van der Waals surface area contributed by atoms with Crippen LogP contribution in [0, 0.1) is 0 Å². The second-order valence-corrected chi connectivity index (χ2v) is 7.31. The van der Waals surface area contributed by atoms with Crippen molar-refractivity contribution in [2.45, 2.75) is 49.8 Å². The van der Waals surface area contributed by atoms with Crippen LogP contribution in [0.25, 0.3) is 0 Å². The Balaban J connectivity index is 2.37. The third-order valence-electron chi connectivity index (χ3n) is 3.78. The predicted molar refractivity (Wildman–Crippen MR) is 68.6 cm³/mol. The number of piperidine rings is 1. The molecule has 0 saturated carbocycles. The van der Waals surface area contributed by atoms with E-state index in [0.29, 0.717) is 18.7 Å². The zero-order valence-electron chi connectivity index (χ0n) is 10.5. The van der Waals surface area contributed by atoms with Gasteiger partial charge in [0.25, 0.3) is 0 Å². The summed E-state index contributed by atoms with van der Waals surface area (Å²) in [6, 6.07) is 0. The number of carbonyl (C=O) groups excluding carboxylic acids is 2. The van der Waals surface area contributed by atoms with Gasteiger partial charge in [0.05, 0.1) is 0 Å². The van der Waals surface area contributed by atoms with E-state index in [0.717, 1.165) is 19.3 Å². The minimum Gasteiger partial charge on any atom is -0.368 e. The standard InChI is InChI=1S/C12H20N2O2S/c1-11(2)7-9(15)14-6-4-3-5-12(14,8-17-11)10(13)16/h3-8H2,1-2H3,(H2,13,16). The van der Waals surface area contributed by atoms with Gasteiger partial charge in [-0.1, -0.05) is 13.8 Å². The van der Waals surface area contributed by atoms with E-state index >= 15 is 0 Å². The first-order valence-corrected chi connectivity index (χ1v) is 7.10. The lowest BCUT2D eigenvalue weighted by molar-refractivity contribution is -0.147. The number of fused-ring (bicyclic) bond motifs is 1. The summed E-state index contributed by atoms with van der Waals surface area (Å²) >= 11 is 1.69. The van der Waals surface area contributed by atoms with Crippen LogP contribution in [0.4, 0.5) is 0 Å². The number of hydrogen-bond acceptors (Lipinski definition) is 3. The van der Waals surface area contributed by atoms with Crippen LogP contribution in [0.1, 0.15) is 39.5 Å². The molecular weight excluding hydrogens is 236 g/mol. The Hall–Kier alpha value is -0.710. The van der Waals surface area contributed by atoms with Gasteiger partial charge in [-0.25, -0.2) is 0 Å². The maximum absolute atomic E-state index is 12.3. The Morgan fingerprint density at radius 2 is 2.12 bits per heavy atom. The average Bonchev–Trinajstić information content (AvgIpc) is 2.35. The minimum absolute atomic E-state index is 0.0819. The first-order chi connectivity index (χ1) is 7.87. The molecule has 0 radical (unpaired) electrons. The van der Waals surface area contributed by atoms with Gasteiger partial charge in [-0.15, -0.1) is 0 Å². The Labute approximate surface area is 106 Å². The van der Waals surface area contributed by atoms with Gasteiger partial charge in [-0.3, -0.25) is 9.59 Å². The molecule has 2 rings (SSSR count). The number of nitrogens with two attached hydrogens (primary N) is 1. The van der Waals surface area contributed by atoms with Crippen LogP contribution < -0.4 is 5.73 Å². The van der Waals surface area contributed by atoms with E-state index in [1.54, 1.807) is 16.7 Å². The first kappa shape index (κ1) is 12.7. The van der Waals surface area contributed by atoms with Crippen molar-refractivity contribution in [2.75, 3.05) is 12.3 Å². The maximum atomic E-state index is 12.3. The van der Waals surface area contributed by atoms with Gasteiger partial charge in [0.2, 0.25) is 11.8 Å². The Morgan fingerprint density at radius 3 is 2.76 bits per heavy atom. The predicted octanol–water partition coefficient (Wildman–Crippen LogP) is 1.14. The Morgan fingerprint density at radius 1 is 1.41 bits per heavy atom. The molecule has 0 aromatic heterocycles. The highest BCUT2D eigenvalue weighted by Gasteiger charge is 2.50. The Kier molecular flexibility index (Phi) is 3.14. The first-order valence-electron chi connectivity index (χ1n) is 6.12. The average molecular weight is 256 g/mol. The minimum atomic E-state index is -0.728. The van der Waals surface area contributed by atoms with Crippen molar-refractivity contribution in [3.05, 3.63) is 0 Å². The molecule has 96 valence electrons. The van der Waals surface area contributed by atoms with Gasteiger partial charge in [-0.05, 0) is 19.3 Å². The summed E-state index contributed by atoms with van der Waals surface area (Å²) in [7, 11) is 0. The fourth-order valence-electron chi connectivity index (χ4n) is 2.70. The smallest absolute Gasteiger partial charge is 0.244 e. The summed E-state index contributed by atoms with van der Waals surface area (Å²) in [4.78, 5) is 25.9. The topological polar surface area (TPSA) is 63.4 Å². The normalized spacial score (nSPS) is 32.8. The van der Waals surface area contributed by atoms with E-state index in [4.69, 9.17) is 5.73 Å². The van der Waals surface area contributed by atoms with Gasteiger partial charge in [0, 0.05) is 23.5 Å². The van der Waals surface area contributed by atoms with Crippen LogP contribution in [0.3, 0.4) is 0 Å². The molecule has 0 aromatic rings. The van der Waals surface area contributed by atoms with Crippen molar-refractivity contribution in [1.82, 2.24) is 4.90 Å². The van der Waals surface area contributed by atoms with Crippen LogP contribution in [-0.2, 0) is 9.59 Å². The van der Waals surface area contributed by atoms with Gasteiger partial charge < -0.3 is 10.6 Å². The number of primary amides is 1. The van der Waals surface area contributed by atoms with Gasteiger partial charge in [0.1, 0.15) is 5.54 Å². The molecule has 2 amide bonds. The quantitative estimate of drug-likeness (QED) is 0.765. The molecule has 1 atom stereocenters. The van der Waals surface area contributed by atoms with Crippen molar-refractivity contribution in [1.29, 1.82) is 0 Å². The van der Waals surface area contributed by atoms with Crippen molar-refractivity contribution in [2.24, 2.45) is 5.73 Å². The molecule has 17 heavy (non-hydrogen) atoms. The van der Waals surface area contributed by atoms with Gasteiger partial charge in [-0.2, -0.15) is 11.8 Å². The lowest BCUT2D eigenvalue weighted by Crippen LogP contribution is -2.62. The van der Waals surface area contributed by atoms with Gasteiger partial charge >= 0.3 is 0 Å². The lowest BCUT2D eigenvalue weighted by atomic mass is 9.87. The highest BCUT2D eigenvalue weighted by Crippen LogP contribution is 2.41. The zero-order valence-corrected chi connectivity index (χ0v) is 11.3. The molecule has 0 bridgehead atoms. The van der Waals surface area contributed by atoms with E-state index in [1.165, 1.54) is 0 Å². The van der Waals surface area contributed by atoms with E-state index in [-0.39, 0.29) is 16.6 Å².